The van der Waals surface area contributed by atoms with Crippen LogP contribution in [0.1, 0.15) is 17.2 Å². The molecule has 6 nitrogen and oxygen atoms in total. The van der Waals surface area contributed by atoms with E-state index in [1.165, 1.54) is 24.4 Å². The highest BCUT2D eigenvalue weighted by molar-refractivity contribution is 6.51. The summed E-state index contributed by atoms with van der Waals surface area (Å²) in [5, 5.41) is 11.0. The third-order valence-corrected chi connectivity index (χ3v) is 4.86. The van der Waals surface area contributed by atoms with Gasteiger partial charge in [0.15, 0.2) is 0 Å². The number of hydrogen-bond donors (Lipinski definition) is 1. The summed E-state index contributed by atoms with van der Waals surface area (Å²) in [6, 6.07) is 18.5. The van der Waals surface area contributed by atoms with Gasteiger partial charge in [0.2, 0.25) is 0 Å². The van der Waals surface area contributed by atoms with Gasteiger partial charge in [-0.15, -0.1) is 0 Å². The molecule has 2 aromatic carbocycles. The molecule has 1 atom stereocenters. The zero-order valence-electron chi connectivity index (χ0n) is 15.6. The number of aromatic nitrogens is 1. The van der Waals surface area contributed by atoms with Crippen molar-refractivity contribution >= 4 is 23.1 Å². The molecule has 1 amide bonds. The Labute approximate surface area is 167 Å². The maximum atomic E-state index is 13.1. The minimum Gasteiger partial charge on any atom is -0.507 e. The van der Waals surface area contributed by atoms with Gasteiger partial charge in [-0.05, 0) is 29.8 Å². The lowest BCUT2D eigenvalue weighted by atomic mass is 9.95. The Morgan fingerprint density at radius 1 is 0.966 bits per heavy atom. The van der Waals surface area contributed by atoms with E-state index in [1.54, 1.807) is 36.4 Å². The molecule has 0 saturated carbocycles. The van der Waals surface area contributed by atoms with Crippen LogP contribution in [0.4, 0.5) is 5.69 Å². The summed E-state index contributed by atoms with van der Waals surface area (Å²) in [4.78, 5) is 31.4. The number of aliphatic hydroxyl groups excluding tert-OH is 1. The number of ketones is 1. The van der Waals surface area contributed by atoms with Gasteiger partial charge >= 0.3 is 0 Å². The molecule has 0 bridgehead atoms. The van der Waals surface area contributed by atoms with Gasteiger partial charge in [0.1, 0.15) is 11.5 Å². The van der Waals surface area contributed by atoms with Crippen LogP contribution in [0.5, 0.6) is 5.75 Å². The van der Waals surface area contributed by atoms with Gasteiger partial charge in [-0.25, -0.2) is 0 Å². The van der Waals surface area contributed by atoms with Crippen molar-refractivity contribution in [3.8, 4) is 5.75 Å². The maximum Gasteiger partial charge on any atom is 0.300 e. The van der Waals surface area contributed by atoms with Crippen molar-refractivity contribution in [1.82, 2.24) is 4.98 Å². The number of para-hydroxylation sites is 2. The Balaban J connectivity index is 1.97. The van der Waals surface area contributed by atoms with E-state index < -0.39 is 17.7 Å². The second-order valence-electron chi connectivity index (χ2n) is 6.49. The molecule has 2 heterocycles. The molecule has 0 spiro atoms. The topological polar surface area (TPSA) is 79.7 Å². The second kappa shape index (κ2) is 7.59. The average molecular weight is 386 g/mol. The first kappa shape index (κ1) is 18.4. The summed E-state index contributed by atoms with van der Waals surface area (Å²) in [7, 11) is 1.50. The lowest BCUT2D eigenvalue weighted by Gasteiger charge is -2.26. The zero-order valence-corrected chi connectivity index (χ0v) is 15.6. The van der Waals surface area contributed by atoms with Crippen LogP contribution in [0, 0.1) is 0 Å². The fraction of sp³-hybridized carbons (Fsp3) is 0.0870. The first-order chi connectivity index (χ1) is 14.1. The molecular weight excluding hydrogens is 368 g/mol. The standard InChI is InChI=1S/C23H18N2O4/c1-29-18-10-6-5-9-17(18)25-20(15-7-3-2-4-8-15)19(22(27)23(25)28)21(26)16-11-13-24-14-12-16/h2-14,20,26H,1H3/b21-19+. The summed E-state index contributed by atoms with van der Waals surface area (Å²) in [5.41, 5.74) is 1.60. The van der Waals surface area contributed by atoms with Crippen molar-refractivity contribution < 1.29 is 19.4 Å². The number of Topliss-reactive ketones (excluding diaryl/α,β-unsaturated/α-hetero) is 1. The number of aliphatic hydroxyl groups is 1. The van der Waals surface area contributed by atoms with E-state index in [4.69, 9.17) is 4.74 Å². The molecule has 1 aliphatic rings. The molecule has 1 unspecified atom stereocenters. The summed E-state index contributed by atoms with van der Waals surface area (Å²) in [6.45, 7) is 0. The van der Waals surface area contributed by atoms with E-state index in [0.717, 1.165) is 0 Å². The molecule has 1 aromatic heterocycles. The molecular formula is C23H18N2O4. The molecule has 144 valence electrons. The van der Waals surface area contributed by atoms with E-state index >= 15 is 0 Å². The van der Waals surface area contributed by atoms with Crippen molar-refractivity contribution in [2.45, 2.75) is 6.04 Å². The van der Waals surface area contributed by atoms with Crippen LogP contribution in [0.15, 0.2) is 84.7 Å². The Bertz CT molecular complexity index is 1090. The number of nitrogens with zero attached hydrogens (tertiary/aromatic N) is 2. The highest BCUT2D eigenvalue weighted by Gasteiger charge is 2.47. The first-order valence-corrected chi connectivity index (χ1v) is 9.03. The summed E-state index contributed by atoms with van der Waals surface area (Å²) in [5.74, 6) is -1.26. The zero-order chi connectivity index (χ0) is 20.4. The molecule has 0 radical (unpaired) electrons. The van der Waals surface area contributed by atoms with Crippen molar-refractivity contribution in [3.05, 3.63) is 95.8 Å². The number of hydrogen-bond acceptors (Lipinski definition) is 5. The number of rotatable bonds is 4. The van der Waals surface area contributed by atoms with E-state index in [1.807, 2.05) is 30.3 Å². The van der Waals surface area contributed by atoms with Gasteiger partial charge in [-0.1, -0.05) is 42.5 Å². The summed E-state index contributed by atoms with van der Waals surface area (Å²) < 4.78 is 5.41. The van der Waals surface area contributed by atoms with E-state index in [-0.39, 0.29) is 11.3 Å². The number of benzene rings is 2. The van der Waals surface area contributed by atoms with Crippen molar-refractivity contribution in [3.63, 3.8) is 0 Å². The van der Waals surface area contributed by atoms with Gasteiger partial charge in [-0.2, -0.15) is 0 Å². The molecule has 4 rings (SSSR count). The minimum absolute atomic E-state index is 0.0262. The van der Waals surface area contributed by atoms with Crippen LogP contribution in [-0.4, -0.2) is 28.9 Å². The number of carbonyl (C=O) groups excluding carboxylic acids is 2. The van der Waals surface area contributed by atoms with Crippen LogP contribution in [0.2, 0.25) is 0 Å². The predicted molar refractivity (Wildman–Crippen MR) is 108 cm³/mol. The van der Waals surface area contributed by atoms with Gasteiger partial charge in [0.05, 0.1) is 24.4 Å². The minimum atomic E-state index is -0.791. The summed E-state index contributed by atoms with van der Waals surface area (Å²) in [6.07, 6.45) is 3.03. The Morgan fingerprint density at radius 2 is 1.62 bits per heavy atom. The number of methoxy groups -OCH3 is 1. The summed E-state index contributed by atoms with van der Waals surface area (Å²) >= 11 is 0. The molecule has 1 fully saturated rings. The van der Waals surface area contributed by atoms with E-state index in [2.05, 4.69) is 4.98 Å². The van der Waals surface area contributed by atoms with Crippen molar-refractivity contribution in [1.29, 1.82) is 0 Å². The van der Waals surface area contributed by atoms with Crippen LogP contribution in [-0.2, 0) is 9.59 Å². The Hall–Kier alpha value is -3.93. The molecule has 1 saturated heterocycles. The van der Waals surface area contributed by atoms with E-state index in [9.17, 15) is 14.7 Å². The van der Waals surface area contributed by atoms with Gasteiger partial charge in [0.25, 0.3) is 11.7 Å². The largest absolute Gasteiger partial charge is 0.507 e. The first-order valence-electron chi connectivity index (χ1n) is 9.03. The molecule has 1 N–H and O–H groups in total. The van der Waals surface area contributed by atoms with Gasteiger partial charge in [0, 0.05) is 18.0 Å². The lowest BCUT2D eigenvalue weighted by Crippen LogP contribution is -2.29. The quantitative estimate of drug-likeness (QED) is 0.420. The van der Waals surface area contributed by atoms with Crippen LogP contribution in [0.25, 0.3) is 5.76 Å². The van der Waals surface area contributed by atoms with E-state index in [0.29, 0.717) is 22.6 Å². The molecule has 29 heavy (non-hydrogen) atoms. The predicted octanol–water partition coefficient (Wildman–Crippen LogP) is 3.72. The molecule has 3 aromatic rings. The van der Waals surface area contributed by atoms with Crippen LogP contribution >= 0.6 is 0 Å². The molecule has 6 heteroatoms. The SMILES string of the molecule is COc1ccccc1N1C(=O)C(=O)/C(=C(/O)c2ccncc2)C1c1ccccc1. The number of amides is 1. The number of ether oxygens (including phenoxy) is 1. The second-order valence-corrected chi connectivity index (χ2v) is 6.49. The average Bonchev–Trinajstić information content (AvgIpc) is 3.05. The molecule has 1 aliphatic heterocycles. The van der Waals surface area contributed by atoms with Crippen molar-refractivity contribution in [2.24, 2.45) is 0 Å². The number of pyridine rings is 1. The normalized spacial score (nSPS) is 18.1. The van der Waals surface area contributed by atoms with Crippen LogP contribution < -0.4 is 9.64 Å². The number of carbonyl (C=O) groups is 2. The van der Waals surface area contributed by atoms with Gasteiger partial charge in [-0.3, -0.25) is 19.5 Å². The van der Waals surface area contributed by atoms with Crippen LogP contribution in [0.3, 0.4) is 0 Å². The maximum absolute atomic E-state index is 13.1. The smallest absolute Gasteiger partial charge is 0.300 e. The highest BCUT2D eigenvalue weighted by Crippen LogP contribution is 2.44. The fourth-order valence-electron chi connectivity index (χ4n) is 3.53. The van der Waals surface area contributed by atoms with Crippen molar-refractivity contribution in [2.75, 3.05) is 12.0 Å². The fourth-order valence-corrected chi connectivity index (χ4v) is 3.53. The highest BCUT2D eigenvalue weighted by atomic mass is 16.5. The Morgan fingerprint density at radius 3 is 2.31 bits per heavy atom. The number of anilines is 1. The third kappa shape index (κ3) is 3.14. The monoisotopic (exact) mass is 386 g/mol. The van der Waals surface area contributed by atoms with Gasteiger partial charge < -0.3 is 9.84 Å². The molecule has 0 aliphatic carbocycles. The lowest BCUT2D eigenvalue weighted by molar-refractivity contribution is -0.132. The third-order valence-electron chi connectivity index (χ3n) is 4.86. The Kier molecular flexibility index (Phi) is 4.83.